The maximum Gasteiger partial charge on any atom is -0.0122 e. The smallest absolute Gasteiger partial charge is 0.0122 e. The second-order valence-corrected chi connectivity index (χ2v) is 4.90. The van der Waals surface area contributed by atoms with Gasteiger partial charge in [0.1, 0.15) is 0 Å². The third-order valence-corrected chi connectivity index (χ3v) is 3.48. The highest BCUT2D eigenvalue weighted by Gasteiger charge is 2.18. The summed E-state index contributed by atoms with van der Waals surface area (Å²) in [4.78, 5) is 0. The van der Waals surface area contributed by atoms with Gasteiger partial charge in [-0.1, -0.05) is 49.8 Å². The molecule has 0 spiro atoms. The number of rotatable bonds is 1. The molecule has 0 heterocycles. The third-order valence-electron chi connectivity index (χ3n) is 3.48. The zero-order valence-corrected chi connectivity index (χ0v) is 11.8. The van der Waals surface area contributed by atoms with Crippen LogP contribution in [0.15, 0.2) is 30.4 Å². The molecular formula is C17H26. The van der Waals surface area contributed by atoms with E-state index in [4.69, 9.17) is 0 Å². The van der Waals surface area contributed by atoms with Crippen molar-refractivity contribution in [2.45, 2.75) is 59.3 Å². The van der Waals surface area contributed by atoms with Gasteiger partial charge < -0.3 is 0 Å². The van der Waals surface area contributed by atoms with Crippen LogP contribution in [0, 0.1) is 13.8 Å². The van der Waals surface area contributed by atoms with E-state index in [2.05, 4.69) is 38.6 Å². The Hall–Kier alpha value is -1.04. The monoisotopic (exact) mass is 230 g/mol. The first-order valence-corrected chi connectivity index (χ1v) is 6.90. The largest absolute Gasteiger partial charge is 0.0998 e. The van der Waals surface area contributed by atoms with Gasteiger partial charge in [0.25, 0.3) is 0 Å². The van der Waals surface area contributed by atoms with Crippen molar-refractivity contribution in [3.8, 4) is 0 Å². The Bertz CT molecular complexity index is 374. The molecule has 1 atom stereocenters. The summed E-state index contributed by atoms with van der Waals surface area (Å²) in [6.45, 7) is 12.5. The van der Waals surface area contributed by atoms with Crippen LogP contribution in [0.1, 0.15) is 62.1 Å². The van der Waals surface area contributed by atoms with Crippen molar-refractivity contribution in [1.29, 1.82) is 0 Å². The van der Waals surface area contributed by atoms with Gasteiger partial charge in [-0.05, 0) is 56.6 Å². The van der Waals surface area contributed by atoms with E-state index in [9.17, 15) is 0 Å². The fourth-order valence-electron chi connectivity index (χ4n) is 2.70. The third kappa shape index (κ3) is 3.73. The van der Waals surface area contributed by atoms with E-state index in [1.54, 1.807) is 5.56 Å². The molecule has 1 unspecified atom stereocenters. The van der Waals surface area contributed by atoms with Crippen molar-refractivity contribution in [2.75, 3.05) is 0 Å². The molecule has 0 nitrogen and oxygen atoms in total. The molecule has 1 fully saturated rings. The lowest BCUT2D eigenvalue weighted by Gasteiger charge is -2.25. The highest BCUT2D eigenvalue weighted by molar-refractivity contribution is 5.34. The standard InChI is InChI=1S/C15H20.C2H6/c1-11-5-4-6-14(10-11)15-8-7-12(2)9-13(15)3;1-2/h7-9,14H,1,4-6,10H2,2-3H3;1-2H3. The quantitative estimate of drug-likeness (QED) is 0.555. The van der Waals surface area contributed by atoms with E-state index < -0.39 is 0 Å². The molecule has 1 aromatic carbocycles. The van der Waals surface area contributed by atoms with Gasteiger partial charge in [0.2, 0.25) is 0 Å². The first kappa shape index (κ1) is 14.0. The second kappa shape index (κ2) is 6.64. The van der Waals surface area contributed by atoms with E-state index in [-0.39, 0.29) is 0 Å². The van der Waals surface area contributed by atoms with Crippen molar-refractivity contribution in [3.63, 3.8) is 0 Å². The molecule has 94 valence electrons. The molecule has 2 rings (SSSR count). The number of allylic oxidation sites excluding steroid dienone is 1. The molecule has 1 saturated carbocycles. The Balaban J connectivity index is 0.000000686. The van der Waals surface area contributed by atoms with Gasteiger partial charge in [-0.15, -0.1) is 0 Å². The molecule has 17 heavy (non-hydrogen) atoms. The van der Waals surface area contributed by atoms with Crippen molar-refractivity contribution in [2.24, 2.45) is 0 Å². The zero-order chi connectivity index (χ0) is 12.8. The summed E-state index contributed by atoms with van der Waals surface area (Å²) in [6.07, 6.45) is 5.09. The first-order chi connectivity index (χ1) is 8.16. The van der Waals surface area contributed by atoms with Gasteiger partial charge in [0.05, 0.1) is 0 Å². The van der Waals surface area contributed by atoms with E-state index in [1.807, 2.05) is 13.8 Å². The van der Waals surface area contributed by atoms with Crippen LogP contribution in [0.5, 0.6) is 0 Å². The average molecular weight is 230 g/mol. The van der Waals surface area contributed by atoms with Gasteiger partial charge in [-0.2, -0.15) is 0 Å². The fraction of sp³-hybridized carbons (Fsp3) is 0.529. The highest BCUT2D eigenvalue weighted by atomic mass is 14.2. The molecule has 0 aromatic heterocycles. The van der Waals surface area contributed by atoms with Crippen molar-refractivity contribution in [3.05, 3.63) is 47.0 Å². The minimum absolute atomic E-state index is 0.729. The van der Waals surface area contributed by atoms with E-state index in [0.29, 0.717) is 0 Å². The topological polar surface area (TPSA) is 0 Å². The summed E-state index contributed by atoms with van der Waals surface area (Å²) in [5.41, 5.74) is 5.80. The minimum Gasteiger partial charge on any atom is -0.0998 e. The van der Waals surface area contributed by atoms with Crippen molar-refractivity contribution < 1.29 is 0 Å². The van der Waals surface area contributed by atoms with E-state index >= 15 is 0 Å². The average Bonchev–Trinajstić information content (AvgIpc) is 2.31. The summed E-state index contributed by atoms with van der Waals surface area (Å²) >= 11 is 0. The predicted octanol–water partition coefficient (Wildman–Crippen LogP) is 5.54. The number of hydrogen-bond acceptors (Lipinski definition) is 0. The molecule has 1 aliphatic carbocycles. The highest BCUT2D eigenvalue weighted by Crippen LogP contribution is 2.36. The van der Waals surface area contributed by atoms with Crippen LogP contribution in [-0.2, 0) is 0 Å². The minimum atomic E-state index is 0.729. The van der Waals surface area contributed by atoms with Crippen LogP contribution >= 0.6 is 0 Å². The number of benzene rings is 1. The van der Waals surface area contributed by atoms with Gasteiger partial charge in [-0.25, -0.2) is 0 Å². The molecule has 0 heteroatoms. The van der Waals surface area contributed by atoms with Crippen LogP contribution in [0.4, 0.5) is 0 Å². The summed E-state index contributed by atoms with van der Waals surface area (Å²) in [7, 11) is 0. The van der Waals surface area contributed by atoms with Crippen molar-refractivity contribution in [1.82, 2.24) is 0 Å². The van der Waals surface area contributed by atoms with Crippen LogP contribution in [0.2, 0.25) is 0 Å². The maximum absolute atomic E-state index is 4.14. The number of aryl methyl sites for hydroxylation is 2. The van der Waals surface area contributed by atoms with Gasteiger partial charge in [0, 0.05) is 0 Å². The predicted molar refractivity (Wildman–Crippen MR) is 77.6 cm³/mol. The molecule has 1 aliphatic rings. The number of hydrogen-bond donors (Lipinski definition) is 0. The van der Waals surface area contributed by atoms with Crippen LogP contribution in [0.25, 0.3) is 0 Å². The summed E-state index contributed by atoms with van der Waals surface area (Å²) in [6, 6.07) is 6.85. The molecule has 0 radical (unpaired) electrons. The summed E-state index contributed by atoms with van der Waals surface area (Å²) in [5, 5.41) is 0. The molecule has 0 aliphatic heterocycles. The van der Waals surface area contributed by atoms with Gasteiger partial charge >= 0.3 is 0 Å². The molecule has 0 amide bonds. The zero-order valence-electron chi connectivity index (χ0n) is 11.8. The molecule has 0 N–H and O–H groups in total. The lowest BCUT2D eigenvalue weighted by atomic mass is 9.80. The second-order valence-electron chi connectivity index (χ2n) is 4.90. The molecule has 0 bridgehead atoms. The molecular weight excluding hydrogens is 204 g/mol. The van der Waals surface area contributed by atoms with E-state index in [1.165, 1.54) is 42.4 Å². The van der Waals surface area contributed by atoms with Crippen molar-refractivity contribution >= 4 is 0 Å². The Morgan fingerprint density at radius 1 is 1.18 bits per heavy atom. The van der Waals surface area contributed by atoms with Crippen LogP contribution < -0.4 is 0 Å². The molecule has 1 aromatic rings. The normalized spacial score (nSPS) is 19.5. The SMILES string of the molecule is C=C1CCCC(c2ccc(C)cc2C)C1.CC. The Kier molecular flexibility index (Phi) is 5.47. The maximum atomic E-state index is 4.14. The van der Waals surface area contributed by atoms with Crippen LogP contribution in [0.3, 0.4) is 0 Å². The lowest BCUT2D eigenvalue weighted by molar-refractivity contribution is 0.522. The Morgan fingerprint density at radius 2 is 1.88 bits per heavy atom. The first-order valence-electron chi connectivity index (χ1n) is 6.90. The fourth-order valence-corrected chi connectivity index (χ4v) is 2.70. The Labute approximate surface area is 107 Å². The lowest BCUT2D eigenvalue weighted by Crippen LogP contribution is -2.07. The van der Waals surface area contributed by atoms with Gasteiger partial charge in [-0.3, -0.25) is 0 Å². The van der Waals surface area contributed by atoms with E-state index in [0.717, 1.165) is 5.92 Å². The Morgan fingerprint density at radius 3 is 2.47 bits per heavy atom. The van der Waals surface area contributed by atoms with Gasteiger partial charge in [0.15, 0.2) is 0 Å². The molecule has 0 saturated heterocycles. The summed E-state index contributed by atoms with van der Waals surface area (Å²) < 4.78 is 0. The summed E-state index contributed by atoms with van der Waals surface area (Å²) in [5.74, 6) is 0.729. The van der Waals surface area contributed by atoms with Crippen LogP contribution in [-0.4, -0.2) is 0 Å².